The number of thiazole rings is 1. The fourth-order valence-electron chi connectivity index (χ4n) is 2.44. The van der Waals surface area contributed by atoms with Crippen LogP contribution < -0.4 is 10.9 Å². The number of amides is 2. The van der Waals surface area contributed by atoms with E-state index in [9.17, 15) is 14.0 Å². The van der Waals surface area contributed by atoms with E-state index in [2.05, 4.69) is 15.8 Å². The van der Waals surface area contributed by atoms with E-state index in [0.29, 0.717) is 22.9 Å². The highest BCUT2D eigenvalue weighted by molar-refractivity contribution is 7.13. The van der Waals surface area contributed by atoms with Gasteiger partial charge in [0.2, 0.25) is 5.91 Å². The van der Waals surface area contributed by atoms with Crippen molar-refractivity contribution in [2.45, 2.75) is 13.0 Å². The minimum absolute atomic E-state index is 0.0186. The average Bonchev–Trinajstić information content (AvgIpc) is 3.16. The van der Waals surface area contributed by atoms with Gasteiger partial charge in [-0.2, -0.15) is 0 Å². The number of hydrogen-bond acceptors (Lipinski definition) is 5. The number of hydrazine groups is 1. The Kier molecular flexibility index (Phi) is 6.46. The number of carbonyl (C=O) groups is 2. The molecule has 0 unspecified atom stereocenters. The van der Waals surface area contributed by atoms with E-state index in [1.165, 1.54) is 23.5 Å². The third-order valence-corrected chi connectivity index (χ3v) is 4.77. The van der Waals surface area contributed by atoms with Gasteiger partial charge in [0, 0.05) is 23.6 Å². The summed E-state index contributed by atoms with van der Waals surface area (Å²) in [6.07, 6.45) is 0.0186. The predicted molar refractivity (Wildman–Crippen MR) is 104 cm³/mol. The molecule has 0 radical (unpaired) electrons. The number of benzene rings is 2. The van der Waals surface area contributed by atoms with Crippen molar-refractivity contribution in [1.29, 1.82) is 0 Å². The number of ether oxygens (including phenoxy) is 1. The van der Waals surface area contributed by atoms with Gasteiger partial charge in [-0.25, -0.2) is 9.37 Å². The lowest BCUT2D eigenvalue weighted by Crippen LogP contribution is -2.42. The van der Waals surface area contributed by atoms with Crippen LogP contribution in [0.15, 0.2) is 53.9 Å². The van der Waals surface area contributed by atoms with Crippen molar-refractivity contribution >= 4 is 23.2 Å². The molecule has 6 nitrogen and oxygen atoms in total. The molecule has 0 aliphatic rings. The zero-order valence-corrected chi connectivity index (χ0v) is 15.9. The Hall–Kier alpha value is -3.10. The fourth-order valence-corrected chi connectivity index (χ4v) is 3.27. The Morgan fingerprint density at radius 1 is 1.07 bits per heavy atom. The number of rotatable bonds is 6. The van der Waals surface area contributed by atoms with Crippen molar-refractivity contribution in [2.75, 3.05) is 7.11 Å². The van der Waals surface area contributed by atoms with Crippen LogP contribution in [0.1, 0.15) is 21.6 Å². The molecule has 28 heavy (non-hydrogen) atoms. The van der Waals surface area contributed by atoms with Crippen LogP contribution in [0.4, 0.5) is 4.39 Å². The zero-order chi connectivity index (χ0) is 19.9. The van der Waals surface area contributed by atoms with Crippen molar-refractivity contribution in [3.8, 4) is 10.6 Å². The van der Waals surface area contributed by atoms with E-state index in [-0.39, 0.29) is 18.1 Å². The first-order chi connectivity index (χ1) is 13.5. The number of aromatic nitrogens is 1. The predicted octanol–water partition coefficient (Wildman–Crippen LogP) is 3.10. The van der Waals surface area contributed by atoms with Crippen molar-refractivity contribution in [3.63, 3.8) is 0 Å². The highest BCUT2D eigenvalue weighted by Gasteiger charge is 2.11. The molecule has 2 N–H and O–H groups in total. The molecule has 0 saturated carbocycles. The van der Waals surface area contributed by atoms with Crippen molar-refractivity contribution < 1.29 is 18.7 Å². The fraction of sp³-hybridized carbons (Fsp3) is 0.150. The summed E-state index contributed by atoms with van der Waals surface area (Å²) in [7, 11) is 1.60. The molecule has 0 atom stereocenters. The molecular formula is C20H18FN3O3S. The first-order valence-electron chi connectivity index (χ1n) is 8.42. The summed E-state index contributed by atoms with van der Waals surface area (Å²) in [5.41, 5.74) is 7.48. The van der Waals surface area contributed by atoms with Crippen molar-refractivity contribution in [2.24, 2.45) is 0 Å². The van der Waals surface area contributed by atoms with E-state index >= 15 is 0 Å². The molecule has 2 aromatic carbocycles. The Morgan fingerprint density at radius 2 is 1.79 bits per heavy atom. The number of halogens is 1. The van der Waals surface area contributed by atoms with Crippen LogP contribution in [0.2, 0.25) is 0 Å². The Labute approximate surface area is 165 Å². The van der Waals surface area contributed by atoms with Gasteiger partial charge in [0.1, 0.15) is 10.8 Å². The summed E-state index contributed by atoms with van der Waals surface area (Å²) >= 11 is 1.37. The maximum absolute atomic E-state index is 13.0. The van der Waals surface area contributed by atoms with Crippen LogP contribution in [0.3, 0.4) is 0 Å². The molecule has 0 aliphatic heterocycles. The quantitative estimate of drug-likeness (QED) is 0.624. The Morgan fingerprint density at radius 3 is 2.46 bits per heavy atom. The molecule has 1 aromatic heterocycles. The van der Waals surface area contributed by atoms with E-state index in [1.807, 2.05) is 0 Å². The highest BCUT2D eigenvalue weighted by atomic mass is 32.1. The largest absolute Gasteiger partial charge is 0.380 e. The monoisotopic (exact) mass is 399 g/mol. The van der Waals surface area contributed by atoms with Gasteiger partial charge in [-0.1, -0.05) is 12.1 Å². The number of nitrogens with zero attached hydrogens (tertiary/aromatic N) is 1. The van der Waals surface area contributed by atoms with E-state index in [1.54, 1.807) is 48.9 Å². The lowest BCUT2D eigenvalue weighted by Gasteiger charge is -2.07. The third-order valence-electron chi connectivity index (χ3n) is 3.83. The van der Waals surface area contributed by atoms with Crippen LogP contribution in [-0.2, 0) is 22.6 Å². The van der Waals surface area contributed by atoms with Crippen LogP contribution in [0.5, 0.6) is 0 Å². The maximum atomic E-state index is 13.0. The van der Waals surface area contributed by atoms with Gasteiger partial charge in [0.15, 0.2) is 0 Å². The maximum Gasteiger partial charge on any atom is 0.269 e. The summed E-state index contributed by atoms with van der Waals surface area (Å²) in [5, 5.41) is 2.46. The van der Waals surface area contributed by atoms with Gasteiger partial charge in [-0.05, 0) is 42.0 Å². The van der Waals surface area contributed by atoms with E-state index in [4.69, 9.17) is 4.74 Å². The molecule has 2 amide bonds. The molecule has 8 heteroatoms. The van der Waals surface area contributed by atoms with Crippen molar-refractivity contribution in [3.05, 3.63) is 76.5 Å². The van der Waals surface area contributed by atoms with Gasteiger partial charge in [0.05, 0.1) is 18.7 Å². The van der Waals surface area contributed by atoms with Gasteiger partial charge in [-0.15, -0.1) is 11.3 Å². The van der Waals surface area contributed by atoms with Gasteiger partial charge in [-0.3, -0.25) is 20.4 Å². The van der Waals surface area contributed by atoms with E-state index < -0.39 is 5.91 Å². The van der Waals surface area contributed by atoms with Crippen LogP contribution in [0, 0.1) is 5.82 Å². The molecule has 0 saturated heterocycles. The summed E-state index contributed by atoms with van der Waals surface area (Å²) in [6.45, 7) is 0.464. The number of hydrogen-bond donors (Lipinski definition) is 2. The summed E-state index contributed by atoms with van der Waals surface area (Å²) in [6, 6.07) is 12.9. The SMILES string of the molecule is COCc1ccc(C(=O)NNC(=O)Cc2csc(-c3ccc(F)cc3)n2)cc1. The highest BCUT2D eigenvalue weighted by Crippen LogP contribution is 2.24. The minimum Gasteiger partial charge on any atom is -0.380 e. The number of carbonyl (C=O) groups excluding carboxylic acids is 2. The number of methoxy groups -OCH3 is 1. The lowest BCUT2D eigenvalue weighted by molar-refractivity contribution is -0.121. The average molecular weight is 399 g/mol. The molecule has 0 bridgehead atoms. The first-order valence-corrected chi connectivity index (χ1v) is 9.30. The standard InChI is InChI=1S/C20H18FN3O3S/c1-27-11-13-2-4-14(5-3-13)19(26)24-23-18(25)10-17-12-28-20(22-17)15-6-8-16(21)9-7-15/h2-9,12H,10-11H2,1H3,(H,23,25)(H,24,26). The second-order valence-corrected chi connectivity index (χ2v) is 6.82. The molecule has 144 valence electrons. The van der Waals surface area contributed by atoms with Crippen LogP contribution in [-0.4, -0.2) is 23.9 Å². The molecular weight excluding hydrogens is 381 g/mol. The van der Waals surface area contributed by atoms with Crippen LogP contribution >= 0.6 is 11.3 Å². The minimum atomic E-state index is -0.414. The number of nitrogens with one attached hydrogen (secondary N) is 2. The second-order valence-electron chi connectivity index (χ2n) is 5.96. The van der Waals surface area contributed by atoms with Crippen molar-refractivity contribution in [1.82, 2.24) is 15.8 Å². The molecule has 1 heterocycles. The second kappa shape index (κ2) is 9.20. The first kappa shape index (κ1) is 19.7. The Balaban J connectivity index is 1.51. The smallest absolute Gasteiger partial charge is 0.269 e. The zero-order valence-electron chi connectivity index (χ0n) is 15.1. The topological polar surface area (TPSA) is 80.3 Å². The van der Waals surface area contributed by atoms with Gasteiger partial charge >= 0.3 is 0 Å². The molecule has 0 spiro atoms. The van der Waals surface area contributed by atoms with Gasteiger partial charge < -0.3 is 4.74 Å². The third kappa shape index (κ3) is 5.21. The Bertz CT molecular complexity index is 956. The lowest BCUT2D eigenvalue weighted by atomic mass is 10.1. The summed E-state index contributed by atoms with van der Waals surface area (Å²) < 4.78 is 18.0. The summed E-state index contributed by atoms with van der Waals surface area (Å²) in [4.78, 5) is 28.5. The normalized spacial score (nSPS) is 10.5. The molecule has 0 aliphatic carbocycles. The molecule has 3 aromatic rings. The van der Waals surface area contributed by atoms with Gasteiger partial charge in [0.25, 0.3) is 5.91 Å². The summed E-state index contributed by atoms with van der Waals surface area (Å²) in [5.74, 6) is -1.12. The molecule has 3 rings (SSSR count). The molecule has 0 fully saturated rings. The van der Waals surface area contributed by atoms with Crippen LogP contribution in [0.25, 0.3) is 10.6 Å². The van der Waals surface area contributed by atoms with E-state index in [0.717, 1.165) is 11.1 Å².